The summed E-state index contributed by atoms with van der Waals surface area (Å²) in [6.45, 7) is 2.82. The van der Waals surface area contributed by atoms with Crippen molar-refractivity contribution in [3.63, 3.8) is 0 Å². The maximum atomic E-state index is 12.3. The van der Waals surface area contributed by atoms with Crippen LogP contribution in [-0.2, 0) is 4.79 Å². The van der Waals surface area contributed by atoms with Gasteiger partial charge in [0.05, 0.1) is 5.69 Å². The van der Waals surface area contributed by atoms with Gasteiger partial charge in [-0.2, -0.15) is 5.10 Å². The highest BCUT2D eigenvalue weighted by atomic mass is 79.9. The van der Waals surface area contributed by atoms with Gasteiger partial charge in [0.25, 0.3) is 0 Å². The molecule has 6 nitrogen and oxygen atoms in total. The summed E-state index contributed by atoms with van der Waals surface area (Å²) in [5.41, 5.74) is 0.642. The van der Waals surface area contributed by atoms with E-state index < -0.39 is 6.04 Å². The first-order valence-corrected chi connectivity index (χ1v) is 7.33. The highest BCUT2D eigenvalue weighted by Crippen LogP contribution is 2.38. The molecule has 0 radical (unpaired) electrons. The summed E-state index contributed by atoms with van der Waals surface area (Å²) in [6.07, 6.45) is 3.40. The molecule has 110 valence electrons. The second kappa shape index (κ2) is 5.77. The smallest absolute Gasteiger partial charge is 0.248 e. The molecule has 1 aromatic carbocycles. The molecular formula is C14H14BrN3O3. The van der Waals surface area contributed by atoms with E-state index in [-0.39, 0.29) is 5.91 Å². The number of hydrogen-bond acceptors (Lipinski definition) is 4. The van der Waals surface area contributed by atoms with Crippen molar-refractivity contribution in [2.45, 2.75) is 13.0 Å². The number of hydrogen-bond donors (Lipinski definition) is 1. The molecule has 0 fully saturated rings. The molecule has 1 atom stereocenters. The summed E-state index contributed by atoms with van der Waals surface area (Å²) in [5, 5.41) is 6.94. The van der Waals surface area contributed by atoms with Gasteiger partial charge in [-0.3, -0.25) is 9.48 Å². The second-order valence-electron chi connectivity index (χ2n) is 4.63. The van der Waals surface area contributed by atoms with Crippen molar-refractivity contribution >= 4 is 27.5 Å². The van der Waals surface area contributed by atoms with Gasteiger partial charge in [0, 0.05) is 29.0 Å². The minimum Gasteiger partial charge on any atom is -0.486 e. The fourth-order valence-corrected chi connectivity index (χ4v) is 2.45. The molecule has 1 aliphatic heterocycles. The number of rotatable bonds is 3. The van der Waals surface area contributed by atoms with E-state index in [2.05, 4.69) is 26.3 Å². The fraction of sp³-hybridized carbons (Fsp3) is 0.286. The Kier molecular flexibility index (Phi) is 3.83. The van der Waals surface area contributed by atoms with Crippen molar-refractivity contribution < 1.29 is 14.3 Å². The molecule has 3 rings (SSSR count). The van der Waals surface area contributed by atoms with Crippen LogP contribution in [0.4, 0.5) is 5.69 Å². The molecule has 1 aliphatic rings. The zero-order valence-electron chi connectivity index (χ0n) is 11.4. The maximum Gasteiger partial charge on any atom is 0.248 e. The van der Waals surface area contributed by atoms with Gasteiger partial charge >= 0.3 is 0 Å². The van der Waals surface area contributed by atoms with Gasteiger partial charge in [-0.25, -0.2) is 0 Å². The van der Waals surface area contributed by atoms with Crippen molar-refractivity contribution in [3.8, 4) is 11.5 Å². The number of nitrogens with zero attached hydrogens (tertiary/aromatic N) is 2. The summed E-state index contributed by atoms with van der Waals surface area (Å²) >= 11 is 3.43. The van der Waals surface area contributed by atoms with Crippen molar-refractivity contribution in [2.24, 2.45) is 0 Å². The van der Waals surface area contributed by atoms with Crippen LogP contribution in [0.25, 0.3) is 0 Å². The highest BCUT2D eigenvalue weighted by Gasteiger charge is 2.19. The predicted molar refractivity (Wildman–Crippen MR) is 80.7 cm³/mol. The Morgan fingerprint density at radius 1 is 1.38 bits per heavy atom. The lowest BCUT2D eigenvalue weighted by Crippen LogP contribution is -2.24. The molecule has 2 aromatic rings. The summed E-state index contributed by atoms with van der Waals surface area (Å²) in [6, 6.07) is 4.93. The van der Waals surface area contributed by atoms with Crippen molar-refractivity contribution in [1.29, 1.82) is 0 Å². The predicted octanol–water partition coefficient (Wildman–Crippen LogP) is 2.62. The van der Waals surface area contributed by atoms with Crippen LogP contribution < -0.4 is 14.8 Å². The lowest BCUT2D eigenvalue weighted by molar-refractivity contribution is -0.119. The Balaban J connectivity index is 1.80. The molecule has 2 heterocycles. The number of carbonyl (C=O) groups excluding carboxylic acids is 1. The van der Waals surface area contributed by atoms with Crippen LogP contribution >= 0.6 is 15.9 Å². The topological polar surface area (TPSA) is 65.4 Å². The molecule has 0 saturated carbocycles. The summed E-state index contributed by atoms with van der Waals surface area (Å²) in [4.78, 5) is 12.3. The number of amides is 1. The number of aromatic nitrogens is 2. The van der Waals surface area contributed by atoms with E-state index in [0.717, 1.165) is 4.47 Å². The third-order valence-corrected chi connectivity index (χ3v) is 3.85. The lowest BCUT2D eigenvalue weighted by atomic mass is 10.2. The standard InChI is InChI=1S/C14H14BrN3O3/c1-9(18-4-2-3-16-18)14(19)17-11-8-13-12(7-10(11)15)20-5-6-21-13/h2-4,7-9H,5-6H2,1H3,(H,17,19). The van der Waals surface area contributed by atoms with Crippen LogP contribution in [0.3, 0.4) is 0 Å². The molecule has 1 unspecified atom stereocenters. The van der Waals surface area contributed by atoms with Crippen molar-refractivity contribution in [2.75, 3.05) is 18.5 Å². The molecule has 0 saturated heterocycles. The van der Waals surface area contributed by atoms with E-state index in [1.165, 1.54) is 0 Å². The monoisotopic (exact) mass is 351 g/mol. The number of nitrogens with one attached hydrogen (secondary N) is 1. The number of carbonyl (C=O) groups is 1. The number of ether oxygens (including phenoxy) is 2. The SMILES string of the molecule is CC(C(=O)Nc1cc2c(cc1Br)OCCO2)n1cccn1. The summed E-state index contributed by atoms with van der Waals surface area (Å²) in [7, 11) is 0. The van der Waals surface area contributed by atoms with Crippen LogP contribution in [0.1, 0.15) is 13.0 Å². The average molecular weight is 352 g/mol. The Hall–Kier alpha value is -2.02. The quantitative estimate of drug-likeness (QED) is 0.922. The molecule has 1 N–H and O–H groups in total. The molecule has 7 heteroatoms. The molecular weight excluding hydrogens is 338 g/mol. The van der Waals surface area contributed by atoms with Crippen molar-refractivity contribution in [1.82, 2.24) is 9.78 Å². The second-order valence-corrected chi connectivity index (χ2v) is 5.48. The summed E-state index contributed by atoms with van der Waals surface area (Å²) in [5.74, 6) is 1.15. The van der Waals surface area contributed by atoms with E-state index in [1.807, 2.05) is 0 Å². The Morgan fingerprint density at radius 2 is 2.10 bits per heavy atom. The fourth-order valence-electron chi connectivity index (χ4n) is 2.03. The number of fused-ring (bicyclic) bond motifs is 1. The van der Waals surface area contributed by atoms with Crippen LogP contribution in [-0.4, -0.2) is 28.9 Å². The van der Waals surface area contributed by atoms with E-state index in [1.54, 1.807) is 42.2 Å². The van der Waals surface area contributed by atoms with Gasteiger partial charge in [-0.15, -0.1) is 0 Å². The van der Waals surface area contributed by atoms with Crippen LogP contribution in [0.2, 0.25) is 0 Å². The first-order chi connectivity index (χ1) is 10.1. The van der Waals surface area contributed by atoms with Gasteiger partial charge in [-0.05, 0) is 28.9 Å². The largest absolute Gasteiger partial charge is 0.486 e. The number of halogens is 1. The number of benzene rings is 1. The highest BCUT2D eigenvalue weighted by molar-refractivity contribution is 9.10. The Labute approximate surface area is 130 Å². The Bertz CT molecular complexity index is 658. The van der Waals surface area contributed by atoms with Gasteiger partial charge < -0.3 is 14.8 Å². The van der Waals surface area contributed by atoms with Crippen LogP contribution in [0.15, 0.2) is 35.1 Å². The zero-order chi connectivity index (χ0) is 14.8. The average Bonchev–Trinajstić information content (AvgIpc) is 3.01. The zero-order valence-corrected chi connectivity index (χ0v) is 13.0. The first kappa shape index (κ1) is 13.9. The molecule has 1 amide bonds. The molecule has 0 bridgehead atoms. The van der Waals surface area contributed by atoms with Gasteiger partial charge in [0.2, 0.25) is 5.91 Å². The van der Waals surface area contributed by atoms with E-state index in [9.17, 15) is 4.79 Å². The van der Waals surface area contributed by atoms with Gasteiger partial charge in [-0.1, -0.05) is 0 Å². The molecule has 0 spiro atoms. The van der Waals surface area contributed by atoms with E-state index >= 15 is 0 Å². The maximum absolute atomic E-state index is 12.3. The van der Waals surface area contributed by atoms with E-state index in [0.29, 0.717) is 30.4 Å². The third-order valence-electron chi connectivity index (χ3n) is 3.19. The number of anilines is 1. The van der Waals surface area contributed by atoms with Gasteiger partial charge in [0.15, 0.2) is 11.5 Å². The van der Waals surface area contributed by atoms with Crippen LogP contribution in [0.5, 0.6) is 11.5 Å². The third kappa shape index (κ3) is 2.87. The minimum absolute atomic E-state index is 0.156. The normalized spacial score (nSPS) is 14.6. The summed E-state index contributed by atoms with van der Waals surface area (Å²) < 4.78 is 13.3. The molecule has 21 heavy (non-hydrogen) atoms. The Morgan fingerprint density at radius 3 is 2.76 bits per heavy atom. The minimum atomic E-state index is -0.403. The van der Waals surface area contributed by atoms with E-state index in [4.69, 9.17) is 9.47 Å². The lowest BCUT2D eigenvalue weighted by Gasteiger charge is -2.20. The first-order valence-electron chi connectivity index (χ1n) is 6.54. The van der Waals surface area contributed by atoms with Gasteiger partial charge in [0.1, 0.15) is 19.3 Å². The molecule has 1 aromatic heterocycles. The molecule has 0 aliphatic carbocycles. The van der Waals surface area contributed by atoms with Crippen molar-refractivity contribution in [3.05, 3.63) is 35.1 Å². The van der Waals surface area contributed by atoms with Crippen LogP contribution in [0, 0.1) is 0 Å².